The van der Waals surface area contributed by atoms with E-state index in [1.54, 1.807) is 6.20 Å². The van der Waals surface area contributed by atoms with Crippen LogP contribution in [0.4, 0.5) is 5.82 Å². The second-order valence-corrected chi connectivity index (χ2v) is 5.64. The van der Waals surface area contributed by atoms with E-state index in [0.29, 0.717) is 19.0 Å². The van der Waals surface area contributed by atoms with Crippen molar-refractivity contribution in [3.63, 3.8) is 0 Å². The van der Waals surface area contributed by atoms with E-state index in [1.807, 2.05) is 26.0 Å². The van der Waals surface area contributed by atoms with E-state index < -0.39 is 5.91 Å². The van der Waals surface area contributed by atoms with Crippen molar-refractivity contribution in [2.24, 2.45) is 5.73 Å². The summed E-state index contributed by atoms with van der Waals surface area (Å²) in [4.78, 5) is 19.3. The number of ether oxygens (including phenoxy) is 2. The second-order valence-electron chi connectivity index (χ2n) is 5.64. The van der Waals surface area contributed by atoms with E-state index >= 15 is 0 Å². The lowest BCUT2D eigenvalue weighted by Gasteiger charge is -2.13. The smallest absolute Gasteiger partial charge is 0.268 e. The van der Waals surface area contributed by atoms with Gasteiger partial charge in [0, 0.05) is 24.1 Å². The first-order chi connectivity index (χ1) is 11.6. The van der Waals surface area contributed by atoms with Crippen LogP contribution in [0.5, 0.6) is 11.5 Å². The number of carbonyl (C=O) groups is 1. The third-order valence-electron chi connectivity index (χ3n) is 3.73. The number of carbonyl (C=O) groups excluding carboxylic acids is 1. The molecule has 3 rings (SSSR count). The predicted molar refractivity (Wildman–Crippen MR) is 89.3 cm³/mol. The molecule has 7 heteroatoms. The van der Waals surface area contributed by atoms with Gasteiger partial charge >= 0.3 is 0 Å². The molecule has 1 amide bonds. The van der Waals surface area contributed by atoms with E-state index in [4.69, 9.17) is 15.2 Å². The normalized spacial score (nSPS) is 15.5. The Morgan fingerprint density at radius 2 is 2.29 bits per heavy atom. The van der Waals surface area contributed by atoms with Gasteiger partial charge in [0.2, 0.25) is 0 Å². The fourth-order valence-corrected chi connectivity index (χ4v) is 2.67. The van der Waals surface area contributed by atoms with Gasteiger partial charge in [-0.2, -0.15) is 0 Å². The maximum atomic E-state index is 11.2. The Balaban J connectivity index is 1.80. The molecule has 0 aliphatic carbocycles. The minimum atomic E-state index is -0.610. The molecule has 3 N–H and O–H groups in total. The summed E-state index contributed by atoms with van der Waals surface area (Å²) in [5.74, 6) is 1.57. The zero-order valence-corrected chi connectivity index (χ0v) is 13.7. The van der Waals surface area contributed by atoms with E-state index in [-0.39, 0.29) is 11.8 Å². The Morgan fingerprint density at radius 3 is 3.04 bits per heavy atom. The molecule has 0 saturated heterocycles. The number of amides is 1. The molecule has 0 saturated carbocycles. The van der Waals surface area contributed by atoms with Crippen molar-refractivity contribution in [1.82, 2.24) is 9.97 Å². The number of nitrogens with zero attached hydrogens (tertiary/aromatic N) is 2. The van der Waals surface area contributed by atoms with Gasteiger partial charge in [-0.15, -0.1) is 0 Å². The van der Waals surface area contributed by atoms with Crippen LogP contribution in [0.3, 0.4) is 0 Å². The largest absolute Gasteiger partial charge is 0.494 e. The van der Waals surface area contributed by atoms with Gasteiger partial charge < -0.3 is 20.5 Å². The van der Waals surface area contributed by atoms with Gasteiger partial charge in [0.15, 0.2) is 0 Å². The highest BCUT2D eigenvalue weighted by molar-refractivity contribution is 5.90. The standard InChI is InChI=1S/C17H20N4O3/c1-3-23-14-5-11-4-10(2)24-15(11)6-12(14)7-20-16-9-19-8-13(21-16)17(18)22/h5-6,8-10H,3-4,7H2,1-2H3,(H2,18,22)(H,20,21). The summed E-state index contributed by atoms with van der Waals surface area (Å²) in [7, 11) is 0. The summed E-state index contributed by atoms with van der Waals surface area (Å²) in [6.45, 7) is 5.05. The van der Waals surface area contributed by atoms with Crippen LogP contribution in [0, 0.1) is 0 Å². The van der Waals surface area contributed by atoms with Crippen molar-refractivity contribution in [1.29, 1.82) is 0 Å². The Morgan fingerprint density at radius 1 is 1.46 bits per heavy atom. The number of aromatic nitrogens is 2. The third kappa shape index (κ3) is 3.40. The second kappa shape index (κ2) is 6.74. The number of rotatable bonds is 6. The van der Waals surface area contributed by atoms with Gasteiger partial charge in [0.25, 0.3) is 5.91 Å². The highest BCUT2D eigenvalue weighted by atomic mass is 16.5. The van der Waals surface area contributed by atoms with E-state index in [1.165, 1.54) is 6.20 Å². The summed E-state index contributed by atoms with van der Waals surface area (Å²) < 4.78 is 11.6. The van der Waals surface area contributed by atoms with Gasteiger partial charge in [-0.1, -0.05) is 0 Å². The van der Waals surface area contributed by atoms with Crippen molar-refractivity contribution >= 4 is 11.7 Å². The summed E-state index contributed by atoms with van der Waals surface area (Å²) in [6.07, 6.45) is 3.94. The number of benzene rings is 1. The Bertz CT molecular complexity index is 763. The van der Waals surface area contributed by atoms with Gasteiger partial charge in [-0.05, 0) is 26.0 Å². The number of anilines is 1. The average Bonchev–Trinajstić information content (AvgIpc) is 2.92. The maximum Gasteiger partial charge on any atom is 0.268 e. The summed E-state index contributed by atoms with van der Waals surface area (Å²) in [6, 6.07) is 4.02. The predicted octanol–water partition coefficient (Wildman–Crippen LogP) is 1.91. The molecule has 1 aromatic heterocycles. The molecular formula is C17H20N4O3. The van der Waals surface area contributed by atoms with Crippen molar-refractivity contribution in [2.75, 3.05) is 11.9 Å². The molecule has 1 atom stereocenters. The van der Waals surface area contributed by atoms with Crippen LogP contribution in [-0.4, -0.2) is 28.6 Å². The minimum Gasteiger partial charge on any atom is -0.494 e. The number of hydrogen-bond acceptors (Lipinski definition) is 6. The van der Waals surface area contributed by atoms with Crippen LogP contribution in [0.15, 0.2) is 24.5 Å². The number of primary amides is 1. The van der Waals surface area contributed by atoms with Gasteiger partial charge in [-0.25, -0.2) is 4.98 Å². The topological polar surface area (TPSA) is 99.4 Å². The fraction of sp³-hybridized carbons (Fsp3) is 0.353. The Kier molecular flexibility index (Phi) is 4.50. The number of nitrogens with two attached hydrogens (primary N) is 1. The number of fused-ring (bicyclic) bond motifs is 1. The molecule has 0 radical (unpaired) electrons. The van der Waals surface area contributed by atoms with Crippen molar-refractivity contribution < 1.29 is 14.3 Å². The molecule has 2 aromatic rings. The first-order valence-corrected chi connectivity index (χ1v) is 7.87. The monoisotopic (exact) mass is 328 g/mol. The quantitative estimate of drug-likeness (QED) is 0.840. The Hall–Kier alpha value is -2.83. The lowest BCUT2D eigenvalue weighted by molar-refractivity contribution is 0.0995. The lowest BCUT2D eigenvalue weighted by Crippen LogP contribution is -2.14. The van der Waals surface area contributed by atoms with Gasteiger partial charge in [0.1, 0.15) is 29.1 Å². The molecular weight excluding hydrogens is 308 g/mol. The molecule has 1 aliphatic rings. The summed E-state index contributed by atoms with van der Waals surface area (Å²) in [5.41, 5.74) is 7.46. The SMILES string of the molecule is CCOc1cc2c(cc1CNc1cncc(C(N)=O)n1)OC(C)C2. The zero-order valence-electron chi connectivity index (χ0n) is 13.7. The van der Waals surface area contributed by atoms with E-state index in [9.17, 15) is 4.79 Å². The summed E-state index contributed by atoms with van der Waals surface area (Å²) >= 11 is 0. The molecule has 24 heavy (non-hydrogen) atoms. The van der Waals surface area contributed by atoms with Crippen LogP contribution in [-0.2, 0) is 13.0 Å². The molecule has 7 nitrogen and oxygen atoms in total. The molecule has 0 spiro atoms. The highest BCUT2D eigenvalue weighted by Gasteiger charge is 2.21. The Labute approximate surface area is 140 Å². The molecule has 0 fully saturated rings. The van der Waals surface area contributed by atoms with E-state index in [2.05, 4.69) is 15.3 Å². The van der Waals surface area contributed by atoms with Gasteiger partial charge in [0.05, 0.1) is 19.0 Å². The highest BCUT2D eigenvalue weighted by Crippen LogP contribution is 2.35. The number of hydrogen-bond donors (Lipinski definition) is 2. The van der Waals surface area contributed by atoms with Crippen LogP contribution >= 0.6 is 0 Å². The molecule has 1 unspecified atom stereocenters. The van der Waals surface area contributed by atoms with Crippen LogP contribution in [0.1, 0.15) is 35.5 Å². The first-order valence-electron chi connectivity index (χ1n) is 7.87. The third-order valence-corrected chi connectivity index (χ3v) is 3.73. The minimum absolute atomic E-state index is 0.121. The van der Waals surface area contributed by atoms with E-state index in [0.717, 1.165) is 29.0 Å². The zero-order chi connectivity index (χ0) is 17.1. The lowest BCUT2D eigenvalue weighted by atomic mass is 10.1. The van der Waals surface area contributed by atoms with Crippen LogP contribution < -0.4 is 20.5 Å². The van der Waals surface area contributed by atoms with Crippen molar-refractivity contribution in [3.05, 3.63) is 41.3 Å². The maximum absolute atomic E-state index is 11.2. The molecule has 1 aliphatic heterocycles. The van der Waals surface area contributed by atoms with Gasteiger partial charge in [-0.3, -0.25) is 9.78 Å². The van der Waals surface area contributed by atoms with Crippen molar-refractivity contribution in [2.45, 2.75) is 32.9 Å². The average molecular weight is 328 g/mol. The molecule has 0 bridgehead atoms. The van der Waals surface area contributed by atoms with Crippen LogP contribution in [0.25, 0.3) is 0 Å². The van der Waals surface area contributed by atoms with Crippen LogP contribution in [0.2, 0.25) is 0 Å². The molecule has 126 valence electrons. The fourth-order valence-electron chi connectivity index (χ4n) is 2.67. The first kappa shape index (κ1) is 16.0. The summed E-state index contributed by atoms with van der Waals surface area (Å²) in [5, 5.41) is 3.14. The molecule has 1 aromatic carbocycles. The van der Waals surface area contributed by atoms with Crippen molar-refractivity contribution in [3.8, 4) is 11.5 Å². The number of nitrogens with one attached hydrogen (secondary N) is 1. The molecule has 2 heterocycles.